The van der Waals surface area contributed by atoms with E-state index in [9.17, 15) is 9.90 Å². The van der Waals surface area contributed by atoms with E-state index in [4.69, 9.17) is 24.4 Å². The fraction of sp³-hybridized carbons (Fsp3) is 0.889. The molecule has 0 saturated carbocycles. The number of rotatable bonds is 2. The van der Waals surface area contributed by atoms with Crippen molar-refractivity contribution in [2.45, 2.75) is 43.7 Å². The molecule has 2 aliphatic heterocycles. The zero-order valence-corrected chi connectivity index (χ0v) is 8.91. The summed E-state index contributed by atoms with van der Waals surface area (Å²) in [5.41, 5.74) is 0. The Morgan fingerprint density at radius 1 is 1.38 bits per heavy atom. The molecular formula is C9H14O7. The summed E-state index contributed by atoms with van der Waals surface area (Å²) in [6, 6.07) is 0. The summed E-state index contributed by atoms with van der Waals surface area (Å²) in [4.78, 5) is 11.2. The maximum atomic E-state index is 11.2. The van der Waals surface area contributed by atoms with E-state index in [0.29, 0.717) is 0 Å². The molecule has 0 radical (unpaired) electrons. The fourth-order valence-electron chi connectivity index (χ4n) is 2.07. The van der Waals surface area contributed by atoms with Crippen LogP contribution in [0, 0.1) is 0 Å². The number of carboxylic acids is 1. The molecule has 2 heterocycles. The van der Waals surface area contributed by atoms with Crippen LogP contribution in [0.1, 0.15) is 13.8 Å². The van der Waals surface area contributed by atoms with Crippen LogP contribution in [0.3, 0.4) is 0 Å². The number of carbonyl (C=O) groups is 1. The van der Waals surface area contributed by atoms with Crippen molar-refractivity contribution in [1.82, 2.24) is 0 Å². The second-order valence-electron chi connectivity index (χ2n) is 4.34. The smallest absolute Gasteiger partial charge is 0.367 e. The van der Waals surface area contributed by atoms with Crippen molar-refractivity contribution in [3.8, 4) is 0 Å². The van der Waals surface area contributed by atoms with Gasteiger partial charge in [0.15, 0.2) is 11.9 Å². The molecule has 7 heteroatoms. The highest BCUT2D eigenvalue weighted by Gasteiger charge is 2.69. The molecule has 92 valence electrons. The maximum absolute atomic E-state index is 11.2. The summed E-state index contributed by atoms with van der Waals surface area (Å²) in [6.07, 6.45) is -3.39. The van der Waals surface area contributed by atoms with E-state index in [1.165, 1.54) is 13.8 Å². The lowest BCUT2D eigenvalue weighted by Crippen LogP contribution is -2.47. The number of aliphatic carboxylic acids is 1. The average Bonchev–Trinajstić information content (AvgIpc) is 2.58. The summed E-state index contributed by atoms with van der Waals surface area (Å²) >= 11 is 0. The monoisotopic (exact) mass is 234 g/mol. The van der Waals surface area contributed by atoms with Gasteiger partial charge in [-0.1, -0.05) is 0 Å². The van der Waals surface area contributed by atoms with E-state index in [-0.39, 0.29) is 0 Å². The molecule has 3 N–H and O–H groups in total. The molecule has 0 aromatic carbocycles. The van der Waals surface area contributed by atoms with Crippen LogP contribution in [0.5, 0.6) is 0 Å². The minimum Gasteiger partial charge on any atom is -0.477 e. The fourth-order valence-corrected chi connectivity index (χ4v) is 2.07. The van der Waals surface area contributed by atoms with Crippen LogP contribution in [0.15, 0.2) is 0 Å². The first kappa shape index (κ1) is 11.7. The Kier molecular flexibility index (Phi) is 2.48. The molecule has 2 fully saturated rings. The predicted molar refractivity (Wildman–Crippen MR) is 48.4 cm³/mol. The van der Waals surface area contributed by atoms with Crippen LogP contribution in [0.4, 0.5) is 0 Å². The molecule has 0 amide bonds. The van der Waals surface area contributed by atoms with Crippen LogP contribution in [-0.2, 0) is 19.0 Å². The van der Waals surface area contributed by atoms with Gasteiger partial charge in [0, 0.05) is 0 Å². The van der Waals surface area contributed by atoms with Crippen molar-refractivity contribution in [3.63, 3.8) is 0 Å². The van der Waals surface area contributed by atoms with Crippen LogP contribution in [0.25, 0.3) is 0 Å². The standard InChI is InChI=1S/C9H14O7/c1-8(2)15-6-5(11)4(3-10)14-9(6,16-8)7(12)13/h4-6,10-11H,3H2,1-2H3,(H,12,13)/t4-,5+,6-,9?/m1/s1. The van der Waals surface area contributed by atoms with E-state index in [0.717, 1.165) is 0 Å². The van der Waals surface area contributed by atoms with E-state index < -0.39 is 42.5 Å². The lowest BCUT2D eigenvalue weighted by Gasteiger charge is -2.24. The molecule has 0 spiro atoms. The topological polar surface area (TPSA) is 105 Å². The van der Waals surface area contributed by atoms with E-state index >= 15 is 0 Å². The van der Waals surface area contributed by atoms with Crippen molar-refractivity contribution >= 4 is 5.97 Å². The highest BCUT2D eigenvalue weighted by Crippen LogP contribution is 2.45. The normalized spacial score (nSPS) is 45.6. The Hall–Kier alpha value is -0.730. The second kappa shape index (κ2) is 3.38. The number of aliphatic hydroxyl groups is 2. The van der Waals surface area contributed by atoms with Gasteiger partial charge in [0.1, 0.15) is 12.2 Å². The molecule has 2 aliphatic rings. The summed E-state index contributed by atoms with van der Waals surface area (Å²) in [5.74, 6) is -4.56. The first-order chi connectivity index (χ1) is 7.32. The van der Waals surface area contributed by atoms with Crippen LogP contribution >= 0.6 is 0 Å². The number of ether oxygens (including phenoxy) is 3. The van der Waals surface area contributed by atoms with Gasteiger partial charge < -0.3 is 29.5 Å². The zero-order valence-electron chi connectivity index (χ0n) is 8.91. The number of hydrogen-bond donors (Lipinski definition) is 3. The number of fused-ring (bicyclic) bond motifs is 1. The average molecular weight is 234 g/mol. The Morgan fingerprint density at radius 3 is 2.44 bits per heavy atom. The minimum absolute atomic E-state index is 0.500. The third kappa shape index (κ3) is 1.44. The van der Waals surface area contributed by atoms with Crippen LogP contribution in [-0.4, -0.2) is 57.8 Å². The first-order valence-electron chi connectivity index (χ1n) is 4.90. The third-order valence-corrected chi connectivity index (χ3v) is 2.68. The van der Waals surface area contributed by atoms with Gasteiger partial charge in [0.2, 0.25) is 0 Å². The highest BCUT2D eigenvalue weighted by atomic mass is 16.9. The van der Waals surface area contributed by atoms with Crippen LogP contribution < -0.4 is 0 Å². The maximum Gasteiger partial charge on any atom is 0.367 e. The minimum atomic E-state index is -2.03. The molecule has 0 aromatic rings. The molecule has 7 nitrogen and oxygen atoms in total. The summed E-state index contributed by atoms with van der Waals surface area (Å²) in [5, 5.41) is 27.8. The molecule has 0 aliphatic carbocycles. The summed E-state index contributed by atoms with van der Waals surface area (Å²) in [6.45, 7) is 2.56. The molecule has 16 heavy (non-hydrogen) atoms. The lowest BCUT2D eigenvalue weighted by molar-refractivity contribution is -0.265. The van der Waals surface area contributed by atoms with Gasteiger partial charge in [-0.15, -0.1) is 0 Å². The van der Waals surface area contributed by atoms with E-state index in [2.05, 4.69) is 0 Å². The third-order valence-electron chi connectivity index (χ3n) is 2.68. The Bertz CT molecular complexity index is 315. The molecule has 1 unspecified atom stereocenters. The summed E-state index contributed by atoms with van der Waals surface area (Å²) < 4.78 is 15.6. The molecular weight excluding hydrogens is 220 g/mol. The largest absolute Gasteiger partial charge is 0.477 e. The summed E-state index contributed by atoms with van der Waals surface area (Å²) in [7, 11) is 0. The van der Waals surface area contributed by atoms with Crippen LogP contribution in [0.2, 0.25) is 0 Å². The number of aliphatic hydroxyl groups excluding tert-OH is 2. The highest BCUT2D eigenvalue weighted by molar-refractivity contribution is 5.77. The van der Waals surface area contributed by atoms with Gasteiger partial charge in [0.25, 0.3) is 0 Å². The van der Waals surface area contributed by atoms with Crippen molar-refractivity contribution in [3.05, 3.63) is 0 Å². The first-order valence-corrected chi connectivity index (χ1v) is 4.90. The van der Waals surface area contributed by atoms with Crippen molar-refractivity contribution in [2.75, 3.05) is 6.61 Å². The van der Waals surface area contributed by atoms with Gasteiger partial charge in [0.05, 0.1) is 6.61 Å². The predicted octanol–water partition coefficient (Wildman–Crippen LogP) is -1.33. The molecule has 2 saturated heterocycles. The Labute approximate surface area is 91.5 Å². The zero-order chi connectivity index (χ0) is 12.1. The number of carboxylic acid groups (broad SMARTS) is 1. The second-order valence-corrected chi connectivity index (χ2v) is 4.34. The van der Waals surface area contributed by atoms with Gasteiger partial charge in [-0.25, -0.2) is 4.79 Å². The number of hydrogen-bond acceptors (Lipinski definition) is 6. The SMILES string of the molecule is CC1(C)O[C@@H]2[C@@H](O)[C@@H](CO)OC2(C(=O)O)O1. The molecule has 4 atom stereocenters. The van der Waals surface area contributed by atoms with E-state index in [1.807, 2.05) is 0 Å². The van der Waals surface area contributed by atoms with Gasteiger partial charge in [-0.3, -0.25) is 0 Å². The Balaban J connectivity index is 2.34. The quantitative estimate of drug-likeness (QED) is 0.543. The van der Waals surface area contributed by atoms with Gasteiger partial charge in [-0.05, 0) is 13.8 Å². The lowest BCUT2D eigenvalue weighted by atomic mass is 10.1. The van der Waals surface area contributed by atoms with Crippen molar-refractivity contribution in [1.29, 1.82) is 0 Å². The van der Waals surface area contributed by atoms with E-state index in [1.54, 1.807) is 0 Å². The molecule has 2 rings (SSSR count). The molecule has 0 aromatic heterocycles. The van der Waals surface area contributed by atoms with Gasteiger partial charge in [-0.2, -0.15) is 0 Å². The van der Waals surface area contributed by atoms with Crippen molar-refractivity contribution < 1.29 is 34.3 Å². The van der Waals surface area contributed by atoms with Crippen molar-refractivity contribution in [2.24, 2.45) is 0 Å². The van der Waals surface area contributed by atoms with Gasteiger partial charge >= 0.3 is 11.8 Å². The Morgan fingerprint density at radius 2 is 2.00 bits per heavy atom. The molecule has 0 bridgehead atoms.